The summed E-state index contributed by atoms with van der Waals surface area (Å²) in [6.45, 7) is 8.30. The molecule has 8 rings (SSSR count). The molecule has 1 aliphatic heterocycles. The van der Waals surface area contributed by atoms with Crippen molar-refractivity contribution in [2.45, 2.75) is 38.9 Å². The molecule has 0 unspecified atom stereocenters. The van der Waals surface area contributed by atoms with Crippen LogP contribution in [0.4, 0.5) is 0 Å². The Morgan fingerprint density at radius 2 is 1.13 bits per heavy atom. The molecule has 0 aliphatic carbocycles. The number of para-hydroxylation sites is 1. The third-order valence-electron chi connectivity index (χ3n) is 8.69. The van der Waals surface area contributed by atoms with Gasteiger partial charge >= 0.3 is 7.12 Å². The zero-order valence-electron chi connectivity index (χ0n) is 22.4. The van der Waals surface area contributed by atoms with Gasteiger partial charge in [0, 0.05) is 21.5 Å². The molecule has 0 saturated carbocycles. The van der Waals surface area contributed by atoms with E-state index in [9.17, 15) is 0 Å². The van der Waals surface area contributed by atoms with E-state index >= 15 is 0 Å². The Balaban J connectivity index is 1.19. The maximum Gasteiger partial charge on any atom is 0.494 e. The number of hydrogen-bond acceptors (Lipinski definition) is 4. The van der Waals surface area contributed by atoms with E-state index in [0.717, 1.165) is 65.9 Å². The summed E-state index contributed by atoms with van der Waals surface area (Å²) in [6, 6.07) is 31.8. The third-order valence-corrected chi connectivity index (χ3v) is 8.69. The van der Waals surface area contributed by atoms with Crippen molar-refractivity contribution in [2.24, 2.45) is 0 Å². The van der Waals surface area contributed by atoms with Crippen LogP contribution in [0.3, 0.4) is 0 Å². The van der Waals surface area contributed by atoms with Crippen LogP contribution in [-0.4, -0.2) is 18.3 Å². The van der Waals surface area contributed by atoms with Crippen molar-refractivity contribution >= 4 is 67.2 Å². The molecule has 0 atom stereocenters. The van der Waals surface area contributed by atoms with Crippen LogP contribution in [0, 0.1) is 0 Å². The summed E-state index contributed by atoms with van der Waals surface area (Å²) in [5, 5.41) is 6.78. The van der Waals surface area contributed by atoms with Gasteiger partial charge in [-0.15, -0.1) is 0 Å². The number of furan rings is 2. The van der Waals surface area contributed by atoms with Gasteiger partial charge in [0.1, 0.15) is 22.3 Å². The average Bonchev–Trinajstić information content (AvgIpc) is 3.54. The van der Waals surface area contributed by atoms with E-state index in [4.69, 9.17) is 18.1 Å². The van der Waals surface area contributed by atoms with Crippen LogP contribution >= 0.6 is 0 Å². The largest absolute Gasteiger partial charge is 0.494 e. The summed E-state index contributed by atoms with van der Waals surface area (Å²) in [5.74, 6) is 0. The Morgan fingerprint density at radius 1 is 0.487 bits per heavy atom. The minimum atomic E-state index is -0.403. The van der Waals surface area contributed by atoms with Crippen molar-refractivity contribution in [3.8, 4) is 11.1 Å². The van der Waals surface area contributed by atoms with Crippen molar-refractivity contribution in [1.82, 2.24) is 0 Å². The molecule has 0 N–H and O–H groups in total. The van der Waals surface area contributed by atoms with Crippen molar-refractivity contribution in [3.05, 3.63) is 91.0 Å². The number of hydrogen-bond donors (Lipinski definition) is 0. The van der Waals surface area contributed by atoms with E-state index in [1.165, 1.54) is 5.39 Å². The quantitative estimate of drug-likeness (QED) is 0.219. The molecule has 3 heterocycles. The zero-order valence-corrected chi connectivity index (χ0v) is 22.4. The molecule has 0 radical (unpaired) electrons. The number of benzene rings is 5. The summed E-state index contributed by atoms with van der Waals surface area (Å²) in [5.41, 5.74) is 6.03. The normalized spacial score (nSPS) is 16.9. The van der Waals surface area contributed by atoms with Crippen LogP contribution in [0.2, 0.25) is 0 Å². The van der Waals surface area contributed by atoms with Crippen molar-refractivity contribution in [1.29, 1.82) is 0 Å². The Kier molecular flexibility index (Phi) is 4.55. The SMILES string of the molecule is CC1(C)OB(c2ccc3oc4cc(-c5ccc6cc7c(cc6c5)oc5ccccc57)ccc4c3c2)OC1(C)C. The summed E-state index contributed by atoms with van der Waals surface area (Å²) < 4.78 is 25.0. The highest BCUT2D eigenvalue weighted by atomic mass is 16.7. The molecule has 0 bridgehead atoms. The highest BCUT2D eigenvalue weighted by Gasteiger charge is 2.51. The zero-order chi connectivity index (χ0) is 26.5. The van der Waals surface area contributed by atoms with E-state index in [1.54, 1.807) is 0 Å². The van der Waals surface area contributed by atoms with Gasteiger partial charge in [0.05, 0.1) is 11.2 Å². The minimum absolute atomic E-state index is 0.379. The minimum Gasteiger partial charge on any atom is -0.456 e. The topological polar surface area (TPSA) is 44.7 Å². The first-order valence-electron chi connectivity index (χ1n) is 13.4. The van der Waals surface area contributed by atoms with Crippen molar-refractivity contribution in [2.75, 3.05) is 0 Å². The van der Waals surface area contributed by atoms with E-state index in [-0.39, 0.29) is 11.2 Å². The number of rotatable bonds is 2. The van der Waals surface area contributed by atoms with Gasteiger partial charge in [0.2, 0.25) is 0 Å². The van der Waals surface area contributed by atoms with Gasteiger partial charge in [-0.2, -0.15) is 0 Å². The lowest BCUT2D eigenvalue weighted by molar-refractivity contribution is 0.00578. The lowest BCUT2D eigenvalue weighted by Crippen LogP contribution is -2.41. The lowest BCUT2D eigenvalue weighted by Gasteiger charge is -2.32. The second kappa shape index (κ2) is 7.75. The van der Waals surface area contributed by atoms with Crippen molar-refractivity contribution in [3.63, 3.8) is 0 Å². The fraction of sp³-hybridized carbons (Fsp3) is 0.176. The van der Waals surface area contributed by atoms with E-state index in [1.807, 2.05) is 24.3 Å². The van der Waals surface area contributed by atoms with Crippen LogP contribution in [0.1, 0.15) is 27.7 Å². The Bertz CT molecular complexity index is 2080. The first-order chi connectivity index (χ1) is 18.8. The van der Waals surface area contributed by atoms with E-state index in [2.05, 4.69) is 94.4 Å². The molecule has 0 spiro atoms. The summed E-state index contributed by atoms with van der Waals surface area (Å²) in [4.78, 5) is 0. The van der Waals surface area contributed by atoms with Gasteiger partial charge in [0.25, 0.3) is 0 Å². The predicted octanol–water partition coefficient (Wildman–Crippen LogP) is 8.60. The second-order valence-corrected chi connectivity index (χ2v) is 11.7. The van der Waals surface area contributed by atoms with E-state index in [0.29, 0.717) is 0 Å². The average molecular weight is 510 g/mol. The van der Waals surface area contributed by atoms with Gasteiger partial charge in [0.15, 0.2) is 0 Å². The smallest absolute Gasteiger partial charge is 0.456 e. The molecular weight excluding hydrogens is 483 g/mol. The second-order valence-electron chi connectivity index (χ2n) is 11.7. The predicted molar refractivity (Wildman–Crippen MR) is 160 cm³/mol. The van der Waals surface area contributed by atoms with Gasteiger partial charge in [-0.05, 0) is 97.5 Å². The first kappa shape index (κ1) is 22.9. The fourth-order valence-electron chi connectivity index (χ4n) is 5.75. The molecule has 2 aromatic heterocycles. The maximum absolute atomic E-state index is 6.30. The Hall–Kier alpha value is -4.06. The van der Waals surface area contributed by atoms with Crippen LogP contribution in [-0.2, 0) is 9.31 Å². The fourth-order valence-corrected chi connectivity index (χ4v) is 5.75. The molecule has 5 heteroatoms. The van der Waals surface area contributed by atoms with Crippen LogP contribution < -0.4 is 5.46 Å². The van der Waals surface area contributed by atoms with E-state index < -0.39 is 7.12 Å². The van der Waals surface area contributed by atoms with Gasteiger partial charge in [-0.3, -0.25) is 0 Å². The van der Waals surface area contributed by atoms with Gasteiger partial charge < -0.3 is 18.1 Å². The molecule has 39 heavy (non-hydrogen) atoms. The molecule has 1 saturated heterocycles. The third kappa shape index (κ3) is 3.40. The molecule has 190 valence electrons. The van der Waals surface area contributed by atoms with Crippen LogP contribution in [0.5, 0.6) is 0 Å². The Labute approximate surface area is 226 Å². The van der Waals surface area contributed by atoms with Crippen LogP contribution in [0.15, 0.2) is 99.8 Å². The molecule has 1 aliphatic rings. The highest BCUT2D eigenvalue weighted by molar-refractivity contribution is 6.62. The maximum atomic E-state index is 6.30. The summed E-state index contributed by atoms with van der Waals surface area (Å²) in [7, 11) is -0.403. The lowest BCUT2D eigenvalue weighted by atomic mass is 9.78. The molecular formula is C34H27BO4. The summed E-state index contributed by atoms with van der Waals surface area (Å²) >= 11 is 0. The van der Waals surface area contributed by atoms with Gasteiger partial charge in [-0.1, -0.05) is 48.5 Å². The Morgan fingerprint density at radius 3 is 1.95 bits per heavy atom. The molecule has 7 aromatic rings. The first-order valence-corrected chi connectivity index (χ1v) is 13.4. The molecule has 5 aromatic carbocycles. The molecule has 1 fully saturated rings. The molecule has 4 nitrogen and oxygen atoms in total. The summed E-state index contributed by atoms with van der Waals surface area (Å²) in [6.07, 6.45) is 0. The van der Waals surface area contributed by atoms with Crippen LogP contribution in [0.25, 0.3) is 65.8 Å². The highest BCUT2D eigenvalue weighted by Crippen LogP contribution is 2.38. The number of fused-ring (bicyclic) bond motifs is 7. The van der Waals surface area contributed by atoms with Crippen molar-refractivity contribution < 1.29 is 18.1 Å². The standard InChI is InChI=1S/C34H27BO4/c1-33(2)34(3,4)39-35(38-33)24-12-14-30-28(19-24)26-13-11-22(17-31(26)37-30)20-9-10-21-16-27-25-7-5-6-8-29(25)36-32(27)18-23(21)15-20/h5-19H,1-4H3. The monoisotopic (exact) mass is 510 g/mol. The van der Waals surface area contributed by atoms with Gasteiger partial charge in [-0.25, -0.2) is 0 Å². The molecule has 0 amide bonds.